The first-order valence-electron chi connectivity index (χ1n) is 10.1. The van der Waals surface area contributed by atoms with Gasteiger partial charge in [-0.1, -0.05) is 43.1 Å². The molecule has 0 saturated carbocycles. The molecule has 0 fully saturated rings. The van der Waals surface area contributed by atoms with Crippen LogP contribution in [0.1, 0.15) is 13.8 Å². The van der Waals surface area contributed by atoms with Gasteiger partial charge in [0.1, 0.15) is 5.75 Å². The van der Waals surface area contributed by atoms with E-state index in [2.05, 4.69) is 26.3 Å². The summed E-state index contributed by atoms with van der Waals surface area (Å²) in [6.45, 7) is 3.91. The monoisotopic (exact) mass is 597 g/mol. The summed E-state index contributed by atoms with van der Waals surface area (Å²) in [5.41, 5.74) is -1.40. The summed E-state index contributed by atoms with van der Waals surface area (Å²) in [4.78, 5) is 48.8. The molecule has 3 aromatic rings. The number of benzene rings is 2. The predicted octanol–water partition coefficient (Wildman–Crippen LogP) is 5.02. The molecule has 0 aliphatic rings. The molecule has 1 heterocycles. The number of carboxylic acid groups (broad SMARTS) is 1. The molecule has 1 aromatic heterocycles. The largest absolute Gasteiger partial charge is 0.465 e. The Balaban J connectivity index is 1.87. The quantitative estimate of drug-likeness (QED) is 0.278. The van der Waals surface area contributed by atoms with E-state index in [1.165, 1.54) is 18.2 Å². The second-order valence-corrected chi connectivity index (χ2v) is 9.19. The molecule has 2 aromatic carbocycles. The van der Waals surface area contributed by atoms with Crippen LogP contribution < -0.4 is 26.6 Å². The summed E-state index contributed by atoms with van der Waals surface area (Å²) in [6, 6.07) is 7.40. The number of carbonyl (C=O) groups is 2. The SMILES string of the molecule is CC(C)C=CC(=O)Nc1ccc(Oc2c(Cl)cc(-n3nc(NC(=O)O)c(=O)[nH]c3=O)cc2Cl)cc1Br. The van der Waals surface area contributed by atoms with Gasteiger partial charge in [0.05, 0.1) is 21.4 Å². The topological polar surface area (TPSA) is 155 Å². The van der Waals surface area contributed by atoms with Gasteiger partial charge in [0.15, 0.2) is 5.75 Å². The van der Waals surface area contributed by atoms with Crippen LogP contribution in [0.4, 0.5) is 16.3 Å². The van der Waals surface area contributed by atoms with Crippen molar-refractivity contribution in [2.75, 3.05) is 10.6 Å². The van der Waals surface area contributed by atoms with Gasteiger partial charge < -0.3 is 15.2 Å². The maximum absolute atomic E-state index is 12.2. The second-order valence-electron chi connectivity index (χ2n) is 7.52. The Morgan fingerprint density at radius 1 is 1.17 bits per heavy atom. The minimum Gasteiger partial charge on any atom is -0.465 e. The fourth-order valence-electron chi connectivity index (χ4n) is 2.76. The molecule has 0 bridgehead atoms. The third-order valence-corrected chi connectivity index (χ3v) is 5.55. The number of aromatic amines is 1. The van der Waals surface area contributed by atoms with E-state index in [0.717, 1.165) is 4.68 Å². The Morgan fingerprint density at radius 3 is 2.42 bits per heavy atom. The van der Waals surface area contributed by atoms with Gasteiger partial charge in [-0.3, -0.25) is 19.9 Å². The van der Waals surface area contributed by atoms with Gasteiger partial charge in [-0.05, 0) is 58.3 Å². The minimum atomic E-state index is -1.54. The number of rotatable bonds is 7. The summed E-state index contributed by atoms with van der Waals surface area (Å²) in [7, 11) is 0. The summed E-state index contributed by atoms with van der Waals surface area (Å²) in [5.74, 6) is -0.273. The van der Waals surface area contributed by atoms with E-state index in [0.29, 0.717) is 15.9 Å². The van der Waals surface area contributed by atoms with Crippen LogP contribution in [0.3, 0.4) is 0 Å². The second kappa shape index (κ2) is 11.4. The number of hydrogen-bond acceptors (Lipinski definition) is 6. The Kier molecular flexibility index (Phi) is 8.56. The van der Waals surface area contributed by atoms with E-state index in [4.69, 9.17) is 33.0 Å². The van der Waals surface area contributed by atoms with Crippen LogP contribution in [-0.2, 0) is 4.79 Å². The van der Waals surface area contributed by atoms with Crippen molar-refractivity contribution in [3.63, 3.8) is 0 Å². The van der Waals surface area contributed by atoms with E-state index in [9.17, 15) is 19.2 Å². The molecule has 0 atom stereocenters. The molecule has 0 aliphatic heterocycles. The van der Waals surface area contributed by atoms with Gasteiger partial charge in [-0.25, -0.2) is 9.59 Å². The third-order valence-electron chi connectivity index (χ3n) is 4.33. The van der Waals surface area contributed by atoms with Gasteiger partial charge in [-0.2, -0.15) is 4.68 Å². The van der Waals surface area contributed by atoms with Crippen molar-refractivity contribution in [1.29, 1.82) is 0 Å². The van der Waals surface area contributed by atoms with E-state index in [1.807, 2.05) is 18.8 Å². The normalized spacial score (nSPS) is 11.1. The lowest BCUT2D eigenvalue weighted by molar-refractivity contribution is -0.111. The lowest BCUT2D eigenvalue weighted by atomic mass is 10.2. The summed E-state index contributed by atoms with van der Waals surface area (Å²) < 4.78 is 7.06. The summed E-state index contributed by atoms with van der Waals surface area (Å²) in [6.07, 6.45) is 1.68. The highest BCUT2D eigenvalue weighted by Gasteiger charge is 2.16. The van der Waals surface area contributed by atoms with Crippen molar-refractivity contribution in [3.05, 3.63) is 77.8 Å². The Morgan fingerprint density at radius 2 is 1.83 bits per heavy atom. The van der Waals surface area contributed by atoms with Gasteiger partial charge >= 0.3 is 11.8 Å². The maximum Gasteiger partial charge on any atom is 0.410 e. The zero-order valence-electron chi connectivity index (χ0n) is 18.6. The molecule has 0 spiro atoms. The van der Waals surface area contributed by atoms with Crippen molar-refractivity contribution in [1.82, 2.24) is 14.8 Å². The number of halogens is 3. The number of allylic oxidation sites excluding steroid dienone is 1. The molecule has 4 N–H and O–H groups in total. The first-order valence-corrected chi connectivity index (χ1v) is 11.7. The van der Waals surface area contributed by atoms with E-state index >= 15 is 0 Å². The summed E-state index contributed by atoms with van der Waals surface area (Å²) >= 11 is 16.0. The average Bonchev–Trinajstić information content (AvgIpc) is 2.78. The lowest BCUT2D eigenvalue weighted by Gasteiger charge is -2.14. The van der Waals surface area contributed by atoms with Crippen LogP contribution in [0.15, 0.2) is 56.5 Å². The van der Waals surface area contributed by atoms with Crippen molar-refractivity contribution in [2.45, 2.75) is 13.8 Å². The molecule has 188 valence electrons. The molecule has 14 heteroatoms. The Hall–Kier alpha value is -3.61. The number of hydrogen-bond donors (Lipinski definition) is 4. The molecule has 2 amide bonds. The van der Waals surface area contributed by atoms with E-state index in [-0.39, 0.29) is 33.3 Å². The van der Waals surface area contributed by atoms with Gasteiger partial charge in [0.2, 0.25) is 11.7 Å². The third kappa shape index (κ3) is 6.74. The fraction of sp³-hybridized carbons (Fsp3) is 0.136. The predicted molar refractivity (Wildman–Crippen MR) is 139 cm³/mol. The number of H-pyrrole nitrogens is 1. The fourth-order valence-corrected chi connectivity index (χ4v) is 3.77. The van der Waals surface area contributed by atoms with E-state index < -0.39 is 23.2 Å². The number of aromatic nitrogens is 3. The highest BCUT2D eigenvalue weighted by molar-refractivity contribution is 9.10. The number of carbonyl (C=O) groups excluding carboxylic acids is 1. The molecular formula is C22H18BrCl2N5O6. The molecular weight excluding hydrogens is 581 g/mol. The van der Waals surface area contributed by atoms with E-state index in [1.54, 1.807) is 29.6 Å². The number of amides is 2. The van der Waals surface area contributed by atoms with Crippen LogP contribution >= 0.6 is 39.1 Å². The highest BCUT2D eigenvalue weighted by atomic mass is 79.9. The standard InChI is InChI=1S/C22H18BrCl2N5O6/c1-10(2)3-6-17(31)26-16-5-4-12(9-13(16)23)36-18-14(24)7-11(8-15(18)25)30-21(33)28-20(32)19(29-30)27-22(34)35/h3-10H,1-2H3,(H,26,31)(H,27,29)(H,34,35)(H,28,32,33). The molecule has 3 rings (SSSR count). The van der Waals surface area contributed by atoms with Crippen LogP contribution in [-0.4, -0.2) is 31.9 Å². The molecule has 11 nitrogen and oxygen atoms in total. The lowest BCUT2D eigenvalue weighted by Crippen LogP contribution is -2.34. The molecule has 36 heavy (non-hydrogen) atoms. The number of nitrogens with one attached hydrogen (secondary N) is 3. The van der Waals surface area contributed by atoms with Crippen LogP contribution in [0.2, 0.25) is 10.0 Å². The molecule has 0 unspecified atom stereocenters. The molecule has 0 aliphatic carbocycles. The average molecular weight is 599 g/mol. The molecule has 0 radical (unpaired) electrons. The van der Waals surface area contributed by atoms with Crippen LogP contribution in [0.5, 0.6) is 11.5 Å². The van der Waals surface area contributed by atoms with Crippen LogP contribution in [0, 0.1) is 5.92 Å². The number of nitrogens with zero attached hydrogens (tertiary/aromatic N) is 2. The van der Waals surface area contributed by atoms with Crippen molar-refractivity contribution >= 4 is 62.6 Å². The zero-order valence-corrected chi connectivity index (χ0v) is 21.7. The van der Waals surface area contributed by atoms with Gasteiger partial charge in [-0.15, -0.1) is 5.10 Å². The zero-order chi connectivity index (χ0) is 26.6. The molecule has 0 saturated heterocycles. The number of anilines is 2. The Bertz CT molecular complexity index is 1460. The van der Waals surface area contributed by atoms with Crippen LogP contribution in [0.25, 0.3) is 5.69 Å². The summed E-state index contributed by atoms with van der Waals surface area (Å²) in [5, 5.41) is 17.1. The smallest absolute Gasteiger partial charge is 0.410 e. The minimum absolute atomic E-state index is 0.00234. The highest BCUT2D eigenvalue weighted by Crippen LogP contribution is 2.39. The Labute approximate surface area is 221 Å². The van der Waals surface area contributed by atoms with Crippen molar-refractivity contribution in [3.8, 4) is 17.2 Å². The maximum atomic E-state index is 12.2. The van der Waals surface area contributed by atoms with Gasteiger partial charge in [0.25, 0.3) is 5.56 Å². The first-order chi connectivity index (χ1) is 16.9. The number of ether oxygens (including phenoxy) is 1. The van der Waals surface area contributed by atoms with Crippen molar-refractivity contribution < 1.29 is 19.4 Å². The van der Waals surface area contributed by atoms with Crippen molar-refractivity contribution in [2.24, 2.45) is 5.92 Å². The van der Waals surface area contributed by atoms with Gasteiger partial charge in [0, 0.05) is 4.47 Å². The first kappa shape index (κ1) is 27.0.